The third-order valence-electron chi connectivity index (χ3n) is 7.13. The molecule has 0 N–H and O–H groups in total. The molecule has 0 aromatic heterocycles. The van der Waals surface area contributed by atoms with Gasteiger partial charge in [0.1, 0.15) is 24.7 Å². The highest BCUT2D eigenvalue weighted by atomic mass is 16.6. The molecule has 2 aliphatic rings. The first-order valence-electron chi connectivity index (χ1n) is 11.7. The van der Waals surface area contributed by atoms with Crippen LogP contribution in [-0.4, -0.2) is 18.1 Å². The summed E-state index contributed by atoms with van der Waals surface area (Å²) in [5.41, 5.74) is 6.58. The van der Waals surface area contributed by atoms with Crippen molar-refractivity contribution in [2.75, 3.05) is 6.61 Å². The van der Waals surface area contributed by atoms with Gasteiger partial charge in [-0.1, -0.05) is 63.2 Å². The minimum Gasteiger partial charge on any atom is -0.489 e. The zero-order valence-electron chi connectivity index (χ0n) is 20.0. The molecule has 0 fully saturated rings. The Balaban J connectivity index is 1.47. The van der Waals surface area contributed by atoms with Crippen LogP contribution >= 0.6 is 0 Å². The minimum absolute atomic E-state index is 0.0183. The Morgan fingerprint density at radius 2 is 1.72 bits per heavy atom. The van der Waals surface area contributed by atoms with Crippen LogP contribution in [0.2, 0.25) is 0 Å². The molecule has 0 bridgehead atoms. The summed E-state index contributed by atoms with van der Waals surface area (Å²) in [5.74, 6) is 0.968. The molecule has 0 spiro atoms. The van der Waals surface area contributed by atoms with E-state index in [2.05, 4.69) is 51.0 Å². The molecule has 4 rings (SSSR count). The van der Waals surface area contributed by atoms with Crippen LogP contribution in [0.15, 0.2) is 47.6 Å². The van der Waals surface area contributed by atoms with Crippen molar-refractivity contribution in [2.45, 2.75) is 83.7 Å². The fourth-order valence-corrected chi connectivity index (χ4v) is 4.97. The van der Waals surface area contributed by atoms with Crippen molar-refractivity contribution < 1.29 is 14.4 Å². The van der Waals surface area contributed by atoms with Gasteiger partial charge in [0.05, 0.1) is 5.71 Å². The third kappa shape index (κ3) is 4.74. The topological polar surface area (TPSA) is 47.9 Å². The van der Waals surface area contributed by atoms with Gasteiger partial charge in [-0.15, -0.1) is 0 Å². The number of carbonyl (C=O) groups is 1. The number of benzene rings is 2. The minimum atomic E-state index is -0.0183. The molecule has 1 aliphatic carbocycles. The molecule has 2 aromatic carbocycles. The number of oxime groups is 1. The first-order chi connectivity index (χ1) is 15.2. The van der Waals surface area contributed by atoms with Gasteiger partial charge in [0.2, 0.25) is 0 Å². The highest BCUT2D eigenvalue weighted by molar-refractivity contribution is 5.95. The first-order valence-corrected chi connectivity index (χ1v) is 11.7. The van der Waals surface area contributed by atoms with Crippen molar-refractivity contribution in [1.29, 1.82) is 0 Å². The second-order valence-corrected chi connectivity index (χ2v) is 10.6. The zero-order chi connectivity index (χ0) is 22.9. The van der Waals surface area contributed by atoms with Gasteiger partial charge < -0.3 is 9.57 Å². The average molecular weight is 434 g/mol. The van der Waals surface area contributed by atoms with Gasteiger partial charge in [-0.05, 0) is 65.0 Å². The Morgan fingerprint density at radius 1 is 1.03 bits per heavy atom. The van der Waals surface area contributed by atoms with Gasteiger partial charge in [-0.3, -0.25) is 4.79 Å². The Kier molecular flexibility index (Phi) is 6.15. The molecular formula is C28H35NO3. The molecule has 0 radical (unpaired) electrons. The maximum absolute atomic E-state index is 11.8. The average Bonchev–Trinajstić information content (AvgIpc) is 3.29. The number of ether oxygens (including phenoxy) is 1. The van der Waals surface area contributed by atoms with E-state index in [1.807, 2.05) is 24.3 Å². The van der Waals surface area contributed by atoms with Gasteiger partial charge in [0.15, 0.2) is 0 Å². The summed E-state index contributed by atoms with van der Waals surface area (Å²) in [6, 6.07) is 14.9. The molecule has 170 valence electrons. The number of Topliss-reactive ketones (excluding diaryl/α,β-unsaturated/α-hetero) is 1. The van der Waals surface area contributed by atoms with Crippen LogP contribution in [0.4, 0.5) is 0 Å². The molecule has 1 heterocycles. The van der Waals surface area contributed by atoms with Crippen LogP contribution in [-0.2, 0) is 27.1 Å². The molecular weight excluding hydrogens is 398 g/mol. The zero-order valence-corrected chi connectivity index (χ0v) is 20.0. The van der Waals surface area contributed by atoms with Crippen LogP contribution in [0, 0.1) is 0 Å². The smallest absolute Gasteiger partial charge is 0.130 e. The molecule has 4 heteroatoms. The molecule has 4 nitrogen and oxygen atoms in total. The van der Waals surface area contributed by atoms with Gasteiger partial charge in [0.25, 0.3) is 0 Å². The van der Waals surface area contributed by atoms with Crippen molar-refractivity contribution in [1.82, 2.24) is 0 Å². The highest BCUT2D eigenvalue weighted by Crippen LogP contribution is 2.46. The van der Waals surface area contributed by atoms with E-state index in [9.17, 15) is 4.79 Å². The summed E-state index contributed by atoms with van der Waals surface area (Å²) in [6.07, 6.45) is 3.65. The lowest BCUT2D eigenvalue weighted by Gasteiger charge is -2.42. The third-order valence-corrected chi connectivity index (χ3v) is 7.13. The molecule has 1 aliphatic heterocycles. The lowest BCUT2D eigenvalue weighted by atomic mass is 9.63. The second-order valence-electron chi connectivity index (χ2n) is 10.6. The maximum atomic E-state index is 11.8. The van der Waals surface area contributed by atoms with E-state index in [1.165, 1.54) is 29.5 Å². The van der Waals surface area contributed by atoms with E-state index in [0.717, 1.165) is 23.4 Å². The standard InChI is InChI=1S/C28H35NO3/c1-19(30)16-23(26-12-15-32-29-26)21-7-9-22(10-8-21)31-18-20-6-11-24-25(17-20)28(4,5)14-13-27(24,2)3/h6-11,17,23H,12-16,18H2,1-5H3. The Bertz CT molecular complexity index is 1020. The highest BCUT2D eigenvalue weighted by Gasteiger charge is 2.36. The quantitative estimate of drug-likeness (QED) is 0.504. The number of carbonyl (C=O) groups excluding carboxylic acids is 1. The molecule has 0 saturated carbocycles. The predicted octanol–water partition coefficient (Wildman–Crippen LogP) is 6.45. The molecule has 2 aromatic rings. The number of fused-ring (bicyclic) bond motifs is 1. The van der Waals surface area contributed by atoms with E-state index >= 15 is 0 Å². The number of hydrogen-bond acceptors (Lipinski definition) is 4. The maximum Gasteiger partial charge on any atom is 0.130 e. The van der Waals surface area contributed by atoms with Crippen LogP contribution in [0.3, 0.4) is 0 Å². The summed E-state index contributed by atoms with van der Waals surface area (Å²) in [5, 5.41) is 4.15. The molecule has 0 saturated heterocycles. The molecule has 0 amide bonds. The number of ketones is 1. The Hall–Kier alpha value is -2.62. The van der Waals surface area contributed by atoms with Crippen LogP contribution in [0.5, 0.6) is 5.75 Å². The van der Waals surface area contributed by atoms with E-state index < -0.39 is 0 Å². The monoisotopic (exact) mass is 433 g/mol. The van der Waals surface area contributed by atoms with Gasteiger partial charge in [-0.2, -0.15) is 0 Å². The van der Waals surface area contributed by atoms with Crippen molar-refractivity contribution in [3.8, 4) is 5.75 Å². The molecule has 1 unspecified atom stereocenters. The van der Waals surface area contributed by atoms with E-state index in [-0.39, 0.29) is 22.5 Å². The van der Waals surface area contributed by atoms with Gasteiger partial charge in [-0.25, -0.2) is 0 Å². The van der Waals surface area contributed by atoms with Crippen molar-refractivity contribution in [2.24, 2.45) is 5.16 Å². The van der Waals surface area contributed by atoms with E-state index in [4.69, 9.17) is 9.57 Å². The largest absolute Gasteiger partial charge is 0.489 e. The summed E-state index contributed by atoms with van der Waals surface area (Å²) >= 11 is 0. The van der Waals surface area contributed by atoms with Gasteiger partial charge >= 0.3 is 0 Å². The second kappa shape index (κ2) is 8.73. The van der Waals surface area contributed by atoms with E-state index in [1.54, 1.807) is 6.92 Å². The Morgan fingerprint density at radius 3 is 2.34 bits per heavy atom. The SMILES string of the molecule is CC(=O)CC(C1=NOCC1)c1ccc(OCc2ccc3c(c2)C(C)(C)CCC3(C)C)cc1. The molecule has 1 atom stereocenters. The predicted molar refractivity (Wildman–Crippen MR) is 129 cm³/mol. The van der Waals surface area contributed by atoms with Crippen LogP contribution < -0.4 is 4.74 Å². The van der Waals surface area contributed by atoms with E-state index in [0.29, 0.717) is 19.6 Å². The first kappa shape index (κ1) is 22.6. The number of hydrogen-bond donors (Lipinski definition) is 0. The van der Waals surface area contributed by atoms with Crippen LogP contribution in [0.1, 0.15) is 88.5 Å². The number of nitrogens with zero attached hydrogens (tertiary/aromatic N) is 1. The summed E-state index contributed by atoms with van der Waals surface area (Å²) < 4.78 is 6.12. The normalized spacial score (nSPS) is 19.5. The summed E-state index contributed by atoms with van der Waals surface area (Å²) in [4.78, 5) is 16.9. The summed E-state index contributed by atoms with van der Waals surface area (Å²) in [6.45, 7) is 12.2. The number of rotatable bonds is 7. The van der Waals surface area contributed by atoms with Crippen molar-refractivity contribution in [3.05, 3.63) is 64.7 Å². The fraction of sp³-hybridized carbons (Fsp3) is 0.500. The molecule has 32 heavy (non-hydrogen) atoms. The fourth-order valence-electron chi connectivity index (χ4n) is 4.97. The lowest BCUT2D eigenvalue weighted by Crippen LogP contribution is -2.33. The van der Waals surface area contributed by atoms with Gasteiger partial charge in [0, 0.05) is 18.8 Å². The lowest BCUT2D eigenvalue weighted by molar-refractivity contribution is -0.117. The summed E-state index contributed by atoms with van der Waals surface area (Å²) in [7, 11) is 0. The van der Waals surface area contributed by atoms with Crippen molar-refractivity contribution >= 4 is 11.5 Å². The Labute approximate surface area is 192 Å². The van der Waals surface area contributed by atoms with Crippen LogP contribution in [0.25, 0.3) is 0 Å². The van der Waals surface area contributed by atoms with Crippen molar-refractivity contribution in [3.63, 3.8) is 0 Å².